The number of nitrogens with two attached hydrogens (primary N) is 1. The Morgan fingerprint density at radius 2 is 2.11 bits per heavy atom. The van der Waals surface area contributed by atoms with E-state index in [1.54, 1.807) is 0 Å². The van der Waals surface area contributed by atoms with Crippen LogP contribution in [0.2, 0.25) is 0 Å². The van der Waals surface area contributed by atoms with Crippen molar-refractivity contribution in [3.63, 3.8) is 0 Å². The summed E-state index contributed by atoms with van der Waals surface area (Å²) in [5, 5.41) is 2.78. The second kappa shape index (κ2) is 6.31. The average molecular weight is 313 g/mol. The van der Waals surface area contributed by atoms with Gasteiger partial charge in [0.25, 0.3) is 0 Å². The van der Waals surface area contributed by atoms with E-state index in [9.17, 15) is 4.79 Å². The first-order valence-electron chi connectivity index (χ1n) is 6.08. The maximum atomic E-state index is 11.7. The number of carbonyl (C=O) groups is 1. The molecule has 1 amide bonds. The number of hydrogen-bond donors (Lipinski definition) is 2. The Bertz CT molecular complexity index is 408. The standard InChI is InChI=1S/C13H17BrN2O2/c14-9-4-6-10(7-5-9)16-13(17)8-18-12-3-1-2-11(12)15/h4-7,11-12H,1-3,8,15H2,(H,16,17). The van der Waals surface area contributed by atoms with Crippen molar-refractivity contribution >= 4 is 27.5 Å². The molecule has 1 aliphatic carbocycles. The van der Waals surface area contributed by atoms with Crippen molar-refractivity contribution in [1.29, 1.82) is 0 Å². The molecule has 1 aromatic rings. The summed E-state index contributed by atoms with van der Waals surface area (Å²) in [6, 6.07) is 7.50. The third-order valence-corrected chi connectivity index (χ3v) is 3.59. The number of ether oxygens (including phenoxy) is 1. The zero-order chi connectivity index (χ0) is 13.0. The van der Waals surface area contributed by atoms with E-state index in [2.05, 4.69) is 21.2 Å². The molecule has 98 valence electrons. The first-order chi connectivity index (χ1) is 8.65. The molecule has 1 aromatic carbocycles. The molecule has 5 heteroatoms. The monoisotopic (exact) mass is 312 g/mol. The van der Waals surface area contributed by atoms with Crippen LogP contribution in [0.1, 0.15) is 19.3 Å². The zero-order valence-corrected chi connectivity index (χ0v) is 11.7. The molecule has 2 rings (SSSR count). The van der Waals surface area contributed by atoms with Gasteiger partial charge in [-0.1, -0.05) is 15.9 Å². The van der Waals surface area contributed by atoms with Crippen molar-refractivity contribution in [3.05, 3.63) is 28.7 Å². The molecule has 2 atom stereocenters. The summed E-state index contributed by atoms with van der Waals surface area (Å²) in [4.78, 5) is 11.7. The van der Waals surface area contributed by atoms with Gasteiger partial charge < -0.3 is 15.8 Å². The highest BCUT2D eigenvalue weighted by atomic mass is 79.9. The average Bonchev–Trinajstić information content (AvgIpc) is 2.75. The minimum Gasteiger partial charge on any atom is -0.367 e. The molecule has 0 radical (unpaired) electrons. The lowest BCUT2D eigenvalue weighted by Crippen LogP contribution is -2.33. The van der Waals surface area contributed by atoms with Gasteiger partial charge in [0.2, 0.25) is 5.91 Å². The van der Waals surface area contributed by atoms with Gasteiger partial charge in [-0.3, -0.25) is 4.79 Å². The summed E-state index contributed by atoms with van der Waals surface area (Å²) in [5.41, 5.74) is 6.64. The fourth-order valence-corrected chi connectivity index (χ4v) is 2.34. The quantitative estimate of drug-likeness (QED) is 0.896. The van der Waals surface area contributed by atoms with Gasteiger partial charge in [0.15, 0.2) is 0 Å². The molecule has 4 nitrogen and oxygen atoms in total. The summed E-state index contributed by atoms with van der Waals surface area (Å²) < 4.78 is 6.51. The number of nitrogens with one attached hydrogen (secondary N) is 1. The fraction of sp³-hybridized carbons (Fsp3) is 0.462. The van der Waals surface area contributed by atoms with Gasteiger partial charge >= 0.3 is 0 Å². The van der Waals surface area contributed by atoms with Crippen LogP contribution >= 0.6 is 15.9 Å². The van der Waals surface area contributed by atoms with Gasteiger partial charge in [-0.2, -0.15) is 0 Å². The first-order valence-corrected chi connectivity index (χ1v) is 6.87. The third kappa shape index (κ3) is 3.80. The third-order valence-electron chi connectivity index (χ3n) is 3.06. The van der Waals surface area contributed by atoms with Gasteiger partial charge in [-0.05, 0) is 43.5 Å². The summed E-state index contributed by atoms with van der Waals surface area (Å²) in [6.45, 7) is 0.0639. The molecule has 1 fully saturated rings. The predicted octanol–water partition coefficient (Wildman–Crippen LogP) is 2.28. The molecule has 18 heavy (non-hydrogen) atoms. The van der Waals surface area contributed by atoms with Gasteiger partial charge in [-0.15, -0.1) is 0 Å². The van der Waals surface area contributed by atoms with E-state index in [4.69, 9.17) is 10.5 Å². The smallest absolute Gasteiger partial charge is 0.250 e. The Balaban J connectivity index is 1.76. The Hall–Kier alpha value is -0.910. The van der Waals surface area contributed by atoms with Crippen LogP contribution in [0, 0.1) is 0 Å². The Morgan fingerprint density at radius 1 is 1.39 bits per heavy atom. The second-order valence-electron chi connectivity index (χ2n) is 4.50. The van der Waals surface area contributed by atoms with Crippen LogP contribution in [-0.2, 0) is 9.53 Å². The number of hydrogen-bond acceptors (Lipinski definition) is 3. The van der Waals surface area contributed by atoms with Crippen LogP contribution in [0.4, 0.5) is 5.69 Å². The van der Waals surface area contributed by atoms with Gasteiger partial charge in [0, 0.05) is 16.2 Å². The van der Waals surface area contributed by atoms with Crippen molar-refractivity contribution in [2.24, 2.45) is 5.73 Å². The number of amides is 1. The number of rotatable bonds is 4. The van der Waals surface area contributed by atoms with E-state index in [1.807, 2.05) is 24.3 Å². The summed E-state index contributed by atoms with van der Waals surface area (Å²) >= 11 is 3.34. The highest BCUT2D eigenvalue weighted by Gasteiger charge is 2.25. The van der Waals surface area contributed by atoms with E-state index in [0.717, 1.165) is 29.4 Å². The van der Waals surface area contributed by atoms with E-state index in [1.165, 1.54) is 0 Å². The highest BCUT2D eigenvalue weighted by Crippen LogP contribution is 2.20. The molecule has 1 aliphatic rings. The van der Waals surface area contributed by atoms with Crippen molar-refractivity contribution < 1.29 is 9.53 Å². The van der Waals surface area contributed by atoms with Crippen molar-refractivity contribution in [1.82, 2.24) is 0 Å². The normalized spacial score (nSPS) is 23.0. The topological polar surface area (TPSA) is 64.3 Å². The van der Waals surface area contributed by atoms with E-state index < -0.39 is 0 Å². The van der Waals surface area contributed by atoms with E-state index in [-0.39, 0.29) is 24.7 Å². The van der Waals surface area contributed by atoms with Gasteiger partial charge in [0.05, 0.1) is 6.10 Å². The number of halogens is 1. The summed E-state index contributed by atoms with van der Waals surface area (Å²) in [5.74, 6) is -0.142. The SMILES string of the molecule is NC1CCCC1OCC(=O)Nc1ccc(Br)cc1. The minimum absolute atomic E-state index is 0.0284. The molecular formula is C13H17BrN2O2. The number of carbonyl (C=O) groups excluding carboxylic acids is 1. The molecular weight excluding hydrogens is 296 g/mol. The lowest BCUT2D eigenvalue weighted by molar-refractivity contribution is -0.122. The molecule has 0 heterocycles. The van der Waals surface area contributed by atoms with Gasteiger partial charge in [0.1, 0.15) is 6.61 Å². The molecule has 2 unspecified atom stereocenters. The van der Waals surface area contributed by atoms with Crippen molar-refractivity contribution in [2.45, 2.75) is 31.4 Å². The highest BCUT2D eigenvalue weighted by molar-refractivity contribution is 9.10. The zero-order valence-electron chi connectivity index (χ0n) is 10.1. The minimum atomic E-state index is -0.142. The van der Waals surface area contributed by atoms with Crippen LogP contribution in [-0.4, -0.2) is 24.7 Å². The Kier molecular flexibility index (Phi) is 4.74. The van der Waals surface area contributed by atoms with Crippen LogP contribution in [0.25, 0.3) is 0 Å². The van der Waals surface area contributed by atoms with Crippen LogP contribution < -0.4 is 11.1 Å². The molecule has 0 bridgehead atoms. The van der Waals surface area contributed by atoms with E-state index in [0.29, 0.717) is 0 Å². The van der Waals surface area contributed by atoms with E-state index >= 15 is 0 Å². The van der Waals surface area contributed by atoms with Crippen molar-refractivity contribution in [3.8, 4) is 0 Å². The van der Waals surface area contributed by atoms with Crippen LogP contribution in [0.15, 0.2) is 28.7 Å². The lowest BCUT2D eigenvalue weighted by atomic mass is 10.2. The molecule has 0 aliphatic heterocycles. The summed E-state index contributed by atoms with van der Waals surface area (Å²) in [7, 11) is 0. The fourth-order valence-electron chi connectivity index (χ4n) is 2.07. The maximum absolute atomic E-state index is 11.7. The molecule has 0 aromatic heterocycles. The Morgan fingerprint density at radius 3 is 2.72 bits per heavy atom. The molecule has 0 spiro atoms. The molecule has 3 N–H and O–H groups in total. The van der Waals surface area contributed by atoms with Gasteiger partial charge in [-0.25, -0.2) is 0 Å². The predicted molar refractivity (Wildman–Crippen MR) is 74.3 cm³/mol. The maximum Gasteiger partial charge on any atom is 0.250 e. The molecule has 0 saturated heterocycles. The van der Waals surface area contributed by atoms with Crippen LogP contribution in [0.5, 0.6) is 0 Å². The first kappa shape index (κ1) is 13.5. The second-order valence-corrected chi connectivity index (χ2v) is 5.41. The lowest BCUT2D eigenvalue weighted by Gasteiger charge is -2.16. The van der Waals surface area contributed by atoms with Crippen LogP contribution in [0.3, 0.4) is 0 Å². The van der Waals surface area contributed by atoms with Crippen molar-refractivity contribution in [2.75, 3.05) is 11.9 Å². The number of anilines is 1. The molecule has 1 saturated carbocycles. The number of benzene rings is 1. The largest absolute Gasteiger partial charge is 0.367 e. The summed E-state index contributed by atoms with van der Waals surface area (Å²) in [6.07, 6.45) is 3.05. The Labute approximate surface area is 115 Å².